The molecule has 3 aromatic rings. The van der Waals surface area contributed by atoms with Gasteiger partial charge < -0.3 is 14.8 Å². The average Bonchev–Trinajstić information content (AvgIpc) is 3.24. The molecule has 0 aromatic carbocycles. The number of aliphatic imine (C=N–C) groups is 1. The molecule has 0 spiro atoms. The van der Waals surface area contributed by atoms with Crippen LogP contribution in [0.5, 0.6) is 0 Å². The largest absolute Gasteiger partial charge is 0.353 e. The molecule has 0 aliphatic rings. The third kappa shape index (κ3) is 5.09. The van der Waals surface area contributed by atoms with E-state index < -0.39 is 0 Å². The highest BCUT2D eigenvalue weighted by Gasteiger charge is 2.09. The van der Waals surface area contributed by atoms with Crippen LogP contribution in [0.4, 0.5) is 0 Å². The number of hydrogen-bond acceptors (Lipinski definition) is 3. The minimum atomic E-state index is 0. The van der Waals surface area contributed by atoms with Gasteiger partial charge in [0.05, 0.1) is 6.54 Å². The van der Waals surface area contributed by atoms with Crippen LogP contribution in [-0.4, -0.2) is 44.1 Å². The van der Waals surface area contributed by atoms with Crippen LogP contribution in [0.15, 0.2) is 54.0 Å². The third-order valence-electron chi connectivity index (χ3n) is 4.36. The minimum absolute atomic E-state index is 0. The van der Waals surface area contributed by atoms with Gasteiger partial charge in [-0.2, -0.15) is 0 Å². The van der Waals surface area contributed by atoms with Crippen molar-refractivity contribution < 1.29 is 0 Å². The van der Waals surface area contributed by atoms with Gasteiger partial charge in [-0.05, 0) is 30.7 Å². The van der Waals surface area contributed by atoms with Crippen molar-refractivity contribution in [3.05, 3.63) is 66.1 Å². The highest BCUT2D eigenvalue weighted by atomic mass is 127. The number of nitrogens with zero attached hydrogens (tertiary/aromatic N) is 6. The Morgan fingerprint density at radius 3 is 2.59 bits per heavy atom. The quantitative estimate of drug-likeness (QED) is 0.348. The first kappa shape index (κ1) is 20.9. The van der Waals surface area contributed by atoms with Crippen molar-refractivity contribution in [1.82, 2.24) is 29.3 Å². The summed E-state index contributed by atoms with van der Waals surface area (Å²) in [4.78, 5) is 15.2. The summed E-state index contributed by atoms with van der Waals surface area (Å²) < 4.78 is 4.08. The van der Waals surface area contributed by atoms with E-state index in [0.717, 1.165) is 29.7 Å². The molecule has 0 unspecified atom stereocenters. The van der Waals surface area contributed by atoms with Crippen molar-refractivity contribution in [2.45, 2.75) is 20.0 Å². The molecule has 8 heteroatoms. The van der Waals surface area contributed by atoms with Gasteiger partial charge in [-0.15, -0.1) is 24.0 Å². The number of nitrogens with one attached hydrogen (secondary N) is 1. The number of hydrogen-bond donors (Lipinski definition) is 1. The van der Waals surface area contributed by atoms with E-state index in [-0.39, 0.29) is 24.0 Å². The van der Waals surface area contributed by atoms with Crippen LogP contribution in [0.2, 0.25) is 0 Å². The van der Waals surface area contributed by atoms with Gasteiger partial charge in [-0.25, -0.2) is 9.97 Å². The first-order valence-electron chi connectivity index (χ1n) is 8.55. The number of pyridine rings is 1. The van der Waals surface area contributed by atoms with E-state index in [1.165, 1.54) is 5.69 Å². The van der Waals surface area contributed by atoms with Crippen molar-refractivity contribution in [2.75, 3.05) is 14.1 Å². The van der Waals surface area contributed by atoms with Crippen LogP contribution < -0.4 is 5.32 Å². The molecule has 0 atom stereocenters. The standard InChI is InChI=1S/C19H25N7.HI/c1-15-21-9-11-26(15)18-8-7-16(12-22-18)13-23-19(20-2)25(4)14-17-6-5-10-24(17)3;/h5-12H,13-14H2,1-4H3,(H,20,23);1H. The molecule has 144 valence electrons. The summed E-state index contributed by atoms with van der Waals surface area (Å²) >= 11 is 0. The molecular formula is C19H26IN7. The summed E-state index contributed by atoms with van der Waals surface area (Å²) in [6.45, 7) is 3.42. The Balaban J connectivity index is 0.00000261. The van der Waals surface area contributed by atoms with Crippen LogP contribution in [0.25, 0.3) is 5.82 Å². The summed E-state index contributed by atoms with van der Waals surface area (Å²) in [5.74, 6) is 2.64. The van der Waals surface area contributed by atoms with Crippen molar-refractivity contribution in [2.24, 2.45) is 12.0 Å². The Kier molecular flexibility index (Phi) is 7.40. The van der Waals surface area contributed by atoms with Crippen LogP contribution in [0.3, 0.4) is 0 Å². The van der Waals surface area contributed by atoms with Gasteiger partial charge in [-0.3, -0.25) is 9.56 Å². The van der Waals surface area contributed by atoms with E-state index in [0.29, 0.717) is 6.54 Å². The van der Waals surface area contributed by atoms with Gasteiger partial charge in [0.25, 0.3) is 0 Å². The monoisotopic (exact) mass is 479 g/mol. The second-order valence-electron chi connectivity index (χ2n) is 6.24. The smallest absolute Gasteiger partial charge is 0.194 e. The normalized spacial score (nSPS) is 11.2. The molecule has 3 aromatic heterocycles. The van der Waals surface area contributed by atoms with Gasteiger partial charge in [-0.1, -0.05) is 6.07 Å². The Bertz CT molecular complexity index is 880. The van der Waals surface area contributed by atoms with Gasteiger partial charge in [0.15, 0.2) is 5.96 Å². The van der Waals surface area contributed by atoms with E-state index >= 15 is 0 Å². The van der Waals surface area contributed by atoms with Crippen LogP contribution in [0, 0.1) is 6.92 Å². The molecule has 3 rings (SSSR count). The molecule has 0 saturated heterocycles. The molecule has 7 nitrogen and oxygen atoms in total. The lowest BCUT2D eigenvalue weighted by molar-refractivity contribution is 0.461. The lowest BCUT2D eigenvalue weighted by atomic mass is 10.3. The van der Waals surface area contributed by atoms with E-state index in [1.54, 1.807) is 13.2 Å². The average molecular weight is 479 g/mol. The molecule has 1 N–H and O–H groups in total. The molecule has 0 radical (unpaired) electrons. The Labute approximate surface area is 177 Å². The summed E-state index contributed by atoms with van der Waals surface area (Å²) in [6, 6.07) is 8.24. The fourth-order valence-corrected chi connectivity index (χ4v) is 2.83. The van der Waals surface area contributed by atoms with E-state index in [1.807, 2.05) is 37.0 Å². The molecule has 0 bridgehead atoms. The zero-order valence-electron chi connectivity index (χ0n) is 16.1. The predicted molar refractivity (Wildman–Crippen MR) is 119 cm³/mol. The maximum Gasteiger partial charge on any atom is 0.194 e. The number of aryl methyl sites for hydroxylation is 2. The molecule has 0 aliphatic heterocycles. The number of halogens is 1. The van der Waals surface area contributed by atoms with Crippen molar-refractivity contribution >= 4 is 29.9 Å². The van der Waals surface area contributed by atoms with Gasteiger partial charge in [0.1, 0.15) is 11.6 Å². The van der Waals surface area contributed by atoms with Gasteiger partial charge >= 0.3 is 0 Å². The Hall–Kier alpha value is -2.36. The number of aromatic nitrogens is 4. The van der Waals surface area contributed by atoms with Crippen LogP contribution in [-0.2, 0) is 20.1 Å². The lowest BCUT2D eigenvalue weighted by Crippen LogP contribution is -2.38. The highest BCUT2D eigenvalue weighted by molar-refractivity contribution is 14.0. The summed E-state index contributed by atoms with van der Waals surface area (Å²) in [7, 11) is 5.88. The topological polar surface area (TPSA) is 63.3 Å². The van der Waals surface area contributed by atoms with E-state index in [9.17, 15) is 0 Å². The van der Waals surface area contributed by atoms with E-state index in [2.05, 4.69) is 61.2 Å². The second-order valence-corrected chi connectivity index (χ2v) is 6.24. The first-order chi connectivity index (χ1) is 12.6. The zero-order valence-corrected chi connectivity index (χ0v) is 18.5. The molecule has 0 saturated carbocycles. The van der Waals surface area contributed by atoms with Crippen LogP contribution in [0.1, 0.15) is 17.1 Å². The van der Waals surface area contributed by atoms with Crippen LogP contribution >= 0.6 is 24.0 Å². The molecule has 0 amide bonds. The molecular weight excluding hydrogens is 453 g/mol. The number of rotatable bonds is 5. The van der Waals surface area contributed by atoms with Crippen molar-refractivity contribution in [3.63, 3.8) is 0 Å². The highest BCUT2D eigenvalue weighted by Crippen LogP contribution is 2.09. The first-order valence-corrected chi connectivity index (χ1v) is 8.55. The lowest BCUT2D eigenvalue weighted by Gasteiger charge is -2.22. The summed E-state index contributed by atoms with van der Waals surface area (Å²) in [6.07, 6.45) is 7.62. The number of imidazole rings is 1. The van der Waals surface area contributed by atoms with Gasteiger partial charge in [0.2, 0.25) is 0 Å². The van der Waals surface area contributed by atoms with E-state index in [4.69, 9.17) is 0 Å². The fraction of sp³-hybridized carbons (Fsp3) is 0.316. The zero-order chi connectivity index (χ0) is 18.5. The molecule has 0 fully saturated rings. The Morgan fingerprint density at radius 2 is 2.04 bits per heavy atom. The summed E-state index contributed by atoms with van der Waals surface area (Å²) in [5.41, 5.74) is 2.33. The second kappa shape index (κ2) is 9.54. The minimum Gasteiger partial charge on any atom is -0.353 e. The van der Waals surface area contributed by atoms with Crippen molar-refractivity contribution in [1.29, 1.82) is 0 Å². The number of guanidine groups is 1. The maximum absolute atomic E-state index is 4.53. The van der Waals surface area contributed by atoms with Gasteiger partial charge in [0, 0.05) is 58.2 Å². The van der Waals surface area contributed by atoms with Crippen molar-refractivity contribution in [3.8, 4) is 5.82 Å². The Morgan fingerprint density at radius 1 is 1.22 bits per heavy atom. The maximum atomic E-state index is 4.53. The SMILES string of the molecule is CN=C(NCc1ccc(-n2ccnc2C)nc1)N(C)Cc1cccn1C.I. The molecule has 27 heavy (non-hydrogen) atoms. The predicted octanol–water partition coefficient (Wildman–Crippen LogP) is 2.74. The fourth-order valence-electron chi connectivity index (χ4n) is 2.83. The molecule has 3 heterocycles. The summed E-state index contributed by atoms with van der Waals surface area (Å²) in [5, 5.41) is 3.39. The third-order valence-corrected chi connectivity index (χ3v) is 4.36. The molecule has 0 aliphatic carbocycles.